The minimum absolute atomic E-state index is 0.0179. The lowest BCUT2D eigenvalue weighted by molar-refractivity contribution is -0.147. The molecule has 1 aromatic rings. The van der Waals surface area contributed by atoms with Crippen LogP contribution in [0.2, 0.25) is 10.0 Å². The summed E-state index contributed by atoms with van der Waals surface area (Å²) in [5.74, 6) is -0.140. The maximum Gasteiger partial charge on any atom is 0.251 e. The van der Waals surface area contributed by atoms with Gasteiger partial charge in [-0.3, -0.25) is 4.79 Å². The van der Waals surface area contributed by atoms with Crippen molar-refractivity contribution in [3.05, 3.63) is 28.2 Å². The third kappa shape index (κ3) is 5.62. The molecule has 1 amide bonds. The SMILES string of the molecule is CC(OCC1CCCCO1)C(=O)N1CCN(S(=O)(=O)c2cc(Cl)ccc2Cl)CC1. The van der Waals surface area contributed by atoms with Crippen LogP contribution in [-0.4, -0.2) is 75.1 Å². The molecule has 10 heteroatoms. The van der Waals surface area contributed by atoms with Gasteiger partial charge in [-0.1, -0.05) is 23.2 Å². The molecule has 0 spiro atoms. The average molecular weight is 465 g/mol. The van der Waals surface area contributed by atoms with Gasteiger partial charge in [0.1, 0.15) is 11.0 Å². The molecule has 2 atom stereocenters. The number of nitrogens with zero attached hydrogens (tertiary/aromatic N) is 2. The first kappa shape index (κ1) is 22.8. The quantitative estimate of drug-likeness (QED) is 0.646. The van der Waals surface area contributed by atoms with Gasteiger partial charge in [0.05, 0.1) is 17.7 Å². The van der Waals surface area contributed by atoms with Crippen molar-refractivity contribution in [1.29, 1.82) is 0 Å². The Morgan fingerprint density at radius 2 is 1.97 bits per heavy atom. The van der Waals surface area contributed by atoms with Crippen molar-refractivity contribution in [3.63, 3.8) is 0 Å². The minimum Gasteiger partial charge on any atom is -0.376 e. The van der Waals surface area contributed by atoms with Crippen LogP contribution in [0, 0.1) is 0 Å². The van der Waals surface area contributed by atoms with Crippen molar-refractivity contribution in [3.8, 4) is 0 Å². The van der Waals surface area contributed by atoms with Crippen LogP contribution in [0.4, 0.5) is 0 Å². The highest BCUT2D eigenvalue weighted by Crippen LogP contribution is 2.28. The monoisotopic (exact) mass is 464 g/mol. The predicted molar refractivity (Wildman–Crippen MR) is 111 cm³/mol. The number of halogens is 2. The van der Waals surface area contributed by atoms with Crippen molar-refractivity contribution in [2.75, 3.05) is 39.4 Å². The number of benzene rings is 1. The average Bonchev–Trinajstić information content (AvgIpc) is 2.74. The summed E-state index contributed by atoms with van der Waals surface area (Å²) >= 11 is 12.0. The van der Waals surface area contributed by atoms with Crippen LogP contribution in [0.15, 0.2) is 23.1 Å². The molecule has 2 fully saturated rings. The van der Waals surface area contributed by atoms with Crippen LogP contribution in [0.3, 0.4) is 0 Å². The van der Waals surface area contributed by atoms with Gasteiger partial charge in [0.15, 0.2) is 0 Å². The molecular formula is C19H26Cl2N2O5S. The fraction of sp³-hybridized carbons (Fsp3) is 0.632. The summed E-state index contributed by atoms with van der Waals surface area (Å²) in [5.41, 5.74) is 0. The van der Waals surface area contributed by atoms with Crippen LogP contribution in [0.25, 0.3) is 0 Å². The molecule has 2 heterocycles. The van der Waals surface area contributed by atoms with E-state index in [0.717, 1.165) is 25.9 Å². The van der Waals surface area contributed by atoms with Crippen molar-refractivity contribution in [2.24, 2.45) is 0 Å². The fourth-order valence-electron chi connectivity index (χ4n) is 3.48. The van der Waals surface area contributed by atoms with E-state index in [0.29, 0.717) is 24.7 Å². The third-order valence-electron chi connectivity index (χ3n) is 5.22. The van der Waals surface area contributed by atoms with Crippen molar-refractivity contribution in [2.45, 2.75) is 43.3 Å². The van der Waals surface area contributed by atoms with Crippen molar-refractivity contribution in [1.82, 2.24) is 9.21 Å². The normalized spacial score (nSPS) is 22.4. The second-order valence-corrected chi connectivity index (χ2v) is 10.0. The number of amides is 1. The summed E-state index contributed by atoms with van der Waals surface area (Å²) in [6.45, 7) is 3.83. The zero-order valence-electron chi connectivity index (χ0n) is 16.4. The van der Waals surface area contributed by atoms with Gasteiger partial charge in [0.25, 0.3) is 5.91 Å². The van der Waals surface area contributed by atoms with Gasteiger partial charge in [-0.2, -0.15) is 4.31 Å². The van der Waals surface area contributed by atoms with E-state index in [-0.39, 0.29) is 35.0 Å². The first-order valence-electron chi connectivity index (χ1n) is 9.76. The van der Waals surface area contributed by atoms with E-state index in [1.165, 1.54) is 16.4 Å². The Morgan fingerprint density at radius 3 is 2.62 bits per heavy atom. The highest BCUT2D eigenvalue weighted by atomic mass is 35.5. The van der Waals surface area contributed by atoms with Crippen LogP contribution in [-0.2, 0) is 24.3 Å². The first-order chi connectivity index (χ1) is 13.8. The van der Waals surface area contributed by atoms with Gasteiger partial charge < -0.3 is 14.4 Å². The molecule has 3 rings (SSSR count). The number of sulfonamides is 1. The maximum atomic E-state index is 12.9. The molecule has 7 nitrogen and oxygen atoms in total. The molecule has 162 valence electrons. The lowest BCUT2D eigenvalue weighted by Gasteiger charge is -2.35. The molecule has 0 saturated carbocycles. The fourth-order valence-corrected chi connectivity index (χ4v) is 5.64. The number of rotatable bonds is 6. The van der Waals surface area contributed by atoms with Crippen LogP contribution in [0.1, 0.15) is 26.2 Å². The van der Waals surface area contributed by atoms with Gasteiger partial charge in [0.2, 0.25) is 10.0 Å². The van der Waals surface area contributed by atoms with Gasteiger partial charge >= 0.3 is 0 Å². The summed E-state index contributed by atoms with van der Waals surface area (Å²) < 4.78 is 38.4. The van der Waals surface area contributed by atoms with E-state index < -0.39 is 16.1 Å². The molecule has 2 saturated heterocycles. The van der Waals surface area contributed by atoms with E-state index in [2.05, 4.69) is 0 Å². The largest absolute Gasteiger partial charge is 0.376 e. The smallest absolute Gasteiger partial charge is 0.251 e. The van der Waals surface area contributed by atoms with Gasteiger partial charge in [0, 0.05) is 37.8 Å². The van der Waals surface area contributed by atoms with Crippen LogP contribution < -0.4 is 0 Å². The van der Waals surface area contributed by atoms with Crippen molar-refractivity contribution >= 4 is 39.1 Å². The third-order valence-corrected chi connectivity index (χ3v) is 7.83. The van der Waals surface area contributed by atoms with Gasteiger partial charge in [-0.15, -0.1) is 0 Å². The number of ether oxygens (including phenoxy) is 2. The standard InChI is InChI=1S/C19H26Cl2N2O5S/c1-14(28-13-16-4-2-3-11-27-16)19(24)22-7-9-23(10-8-22)29(25,26)18-12-15(20)5-6-17(18)21/h5-6,12,14,16H,2-4,7-11,13H2,1H3. The minimum atomic E-state index is -3.78. The molecule has 0 bridgehead atoms. The molecule has 0 radical (unpaired) electrons. The summed E-state index contributed by atoms with van der Waals surface area (Å²) in [4.78, 5) is 14.3. The number of hydrogen-bond acceptors (Lipinski definition) is 5. The topological polar surface area (TPSA) is 76.2 Å². The number of carbonyl (C=O) groups is 1. The molecule has 0 N–H and O–H groups in total. The number of piperazine rings is 1. The summed E-state index contributed by atoms with van der Waals surface area (Å²) in [6, 6.07) is 4.35. The maximum absolute atomic E-state index is 12.9. The number of carbonyl (C=O) groups excluding carboxylic acids is 1. The molecule has 2 aliphatic rings. The van der Waals surface area contributed by atoms with Crippen LogP contribution in [0.5, 0.6) is 0 Å². The van der Waals surface area contributed by atoms with Crippen LogP contribution >= 0.6 is 23.2 Å². The highest BCUT2D eigenvalue weighted by molar-refractivity contribution is 7.89. The molecule has 1 aromatic carbocycles. The first-order valence-corrected chi connectivity index (χ1v) is 12.0. The molecule has 2 unspecified atom stereocenters. The Kier molecular flexibility index (Phi) is 7.81. The molecule has 29 heavy (non-hydrogen) atoms. The van der Waals surface area contributed by atoms with Gasteiger partial charge in [-0.25, -0.2) is 8.42 Å². The summed E-state index contributed by atoms with van der Waals surface area (Å²) in [6.07, 6.45) is 2.58. The van der Waals surface area contributed by atoms with Crippen molar-refractivity contribution < 1.29 is 22.7 Å². The molecule has 0 aromatic heterocycles. The molecular weight excluding hydrogens is 439 g/mol. The second kappa shape index (κ2) is 9.94. The lowest BCUT2D eigenvalue weighted by atomic mass is 10.1. The lowest BCUT2D eigenvalue weighted by Crippen LogP contribution is -2.53. The summed E-state index contributed by atoms with van der Waals surface area (Å²) in [5, 5.41) is 0.426. The zero-order chi connectivity index (χ0) is 21.0. The Hall–Kier alpha value is -0.900. The van der Waals surface area contributed by atoms with E-state index in [1.807, 2.05) is 0 Å². The highest BCUT2D eigenvalue weighted by Gasteiger charge is 2.33. The Balaban J connectivity index is 1.53. The number of hydrogen-bond donors (Lipinski definition) is 0. The summed E-state index contributed by atoms with van der Waals surface area (Å²) in [7, 11) is -3.78. The Morgan fingerprint density at radius 1 is 1.24 bits per heavy atom. The Labute approximate surface area is 181 Å². The van der Waals surface area contributed by atoms with E-state index >= 15 is 0 Å². The van der Waals surface area contributed by atoms with E-state index in [9.17, 15) is 13.2 Å². The molecule has 2 aliphatic heterocycles. The van der Waals surface area contributed by atoms with Gasteiger partial charge in [-0.05, 0) is 44.4 Å². The van der Waals surface area contributed by atoms with E-state index in [1.54, 1.807) is 17.9 Å². The zero-order valence-corrected chi connectivity index (χ0v) is 18.7. The Bertz CT molecular complexity index is 822. The predicted octanol–water partition coefficient (Wildman–Crippen LogP) is 2.80. The van der Waals surface area contributed by atoms with E-state index in [4.69, 9.17) is 32.7 Å². The second-order valence-electron chi connectivity index (χ2n) is 7.27. The molecule has 0 aliphatic carbocycles.